The maximum atomic E-state index is 10.1. The molecule has 3 aromatic heterocycles. The van der Waals surface area contributed by atoms with Crippen molar-refractivity contribution < 1.29 is 20.1 Å². The number of nitrogens with zero attached hydrogens (tertiary/aromatic N) is 4. The van der Waals surface area contributed by atoms with Gasteiger partial charge in [-0.1, -0.05) is 138 Å². The van der Waals surface area contributed by atoms with Gasteiger partial charge in [0.05, 0.1) is 11.6 Å². The Morgan fingerprint density at radius 1 is 0.452 bits per heavy atom. The normalized spacial score (nSPS) is 11.7. The SMILES string of the molecule is Cc1ccc(-c2[c-]cc(-c3ccccc3-c3cc(CCc4c[c-]c(-c5cc(C)ccn5)cc4)cc(CCc4c[c-]c(-c5cc(C)ccn5)cc4)c3)c(-c3ccc(-c4cc(C#N)c5c(c4)CCC5)cc3)c2)nc1.[Ir+3]. The van der Waals surface area contributed by atoms with Crippen molar-refractivity contribution in [1.82, 2.24) is 15.0 Å². The first-order valence-electron chi connectivity index (χ1n) is 25.1. The van der Waals surface area contributed by atoms with Crippen molar-refractivity contribution >= 4 is 0 Å². The summed E-state index contributed by atoms with van der Waals surface area (Å²) < 4.78 is 0. The van der Waals surface area contributed by atoms with Gasteiger partial charge in [0.15, 0.2) is 0 Å². The van der Waals surface area contributed by atoms with Gasteiger partial charge in [-0.05, 0) is 144 Å². The van der Waals surface area contributed by atoms with Crippen LogP contribution >= 0.6 is 0 Å². The molecule has 1 aliphatic carbocycles. The summed E-state index contributed by atoms with van der Waals surface area (Å²) in [5.41, 5.74) is 26.6. The zero-order valence-corrected chi connectivity index (χ0v) is 43.8. The van der Waals surface area contributed by atoms with Crippen molar-refractivity contribution in [2.75, 3.05) is 0 Å². The Balaban J connectivity index is 0.00000611. The van der Waals surface area contributed by atoms with E-state index >= 15 is 0 Å². The standard InChI is InChI=1S/C68H53N4.Ir/c1-45-31-33-70-67(35-45)54-20-16-48(17-21-54)12-14-50-37-51(15-13-49-18-22-55(23-19-49)68-36-46(2)32-34-71-68)39-59(38-50)62-8-4-5-9-63(62)64-29-28-57(66-30-11-47(3)44-72-66)42-65(64)53-26-24-52(25-27-53)58-40-56-7-6-10-61(56)60(41-58)43-69;/h4-5,8-9,11,16-20,22,24-27,29-42,44H,6-7,10,12-15H2,1-3H3;/q-3;+3. The Morgan fingerprint density at radius 2 is 1.07 bits per heavy atom. The molecule has 5 heteroatoms. The summed E-state index contributed by atoms with van der Waals surface area (Å²) >= 11 is 0. The van der Waals surface area contributed by atoms with Crippen molar-refractivity contribution in [2.45, 2.75) is 65.7 Å². The van der Waals surface area contributed by atoms with Gasteiger partial charge in [0.1, 0.15) is 0 Å². The molecule has 0 bridgehead atoms. The molecule has 0 saturated carbocycles. The zero-order chi connectivity index (χ0) is 49.0. The van der Waals surface area contributed by atoms with Gasteiger partial charge < -0.3 is 15.0 Å². The number of aromatic nitrogens is 3. The Kier molecular flexibility index (Phi) is 14.6. The minimum atomic E-state index is 0. The molecule has 0 fully saturated rings. The number of benzene rings is 7. The maximum Gasteiger partial charge on any atom is 3.00 e. The molecule has 0 N–H and O–H groups in total. The van der Waals surface area contributed by atoms with Gasteiger partial charge in [-0.2, -0.15) is 5.26 Å². The summed E-state index contributed by atoms with van der Waals surface area (Å²) in [6.45, 7) is 6.26. The van der Waals surface area contributed by atoms with Crippen LogP contribution in [0.25, 0.3) is 78.3 Å². The molecular formula is C68H53IrN4. The van der Waals surface area contributed by atoms with Crippen LogP contribution in [0.1, 0.15) is 62.1 Å². The second-order valence-corrected chi connectivity index (χ2v) is 19.3. The Morgan fingerprint density at radius 3 is 1.66 bits per heavy atom. The Labute approximate surface area is 443 Å². The quantitative estimate of drug-likeness (QED) is 0.108. The molecule has 7 aromatic carbocycles. The third-order valence-corrected chi connectivity index (χ3v) is 14.1. The van der Waals surface area contributed by atoms with Gasteiger partial charge in [0, 0.05) is 18.6 Å². The molecule has 0 amide bonds. The van der Waals surface area contributed by atoms with Gasteiger partial charge in [0.25, 0.3) is 0 Å². The van der Waals surface area contributed by atoms with E-state index in [0.717, 1.165) is 123 Å². The minimum absolute atomic E-state index is 0. The van der Waals surface area contributed by atoms with Gasteiger partial charge in [-0.3, -0.25) is 0 Å². The fraction of sp³-hybridized carbons (Fsp3) is 0.147. The fourth-order valence-electron chi connectivity index (χ4n) is 10.2. The summed E-state index contributed by atoms with van der Waals surface area (Å²) in [6.07, 6.45) is 12.3. The zero-order valence-electron chi connectivity index (χ0n) is 41.4. The minimum Gasteiger partial charge on any atom is -0.305 e. The molecule has 3 heterocycles. The van der Waals surface area contributed by atoms with Crippen LogP contribution in [0.3, 0.4) is 0 Å². The molecule has 0 saturated heterocycles. The van der Waals surface area contributed by atoms with Crippen LogP contribution in [0, 0.1) is 50.3 Å². The van der Waals surface area contributed by atoms with Gasteiger partial charge in [-0.15, -0.1) is 94.5 Å². The molecular weight excluding hydrogens is 1060 g/mol. The number of fused-ring (bicyclic) bond motifs is 1. The van der Waals surface area contributed by atoms with Crippen LogP contribution < -0.4 is 0 Å². The number of aryl methyl sites for hydroxylation is 8. The molecule has 10 aromatic rings. The molecule has 4 nitrogen and oxygen atoms in total. The summed E-state index contributed by atoms with van der Waals surface area (Å²) in [5.74, 6) is 0. The molecule has 354 valence electrons. The second-order valence-electron chi connectivity index (χ2n) is 19.3. The first kappa shape index (κ1) is 48.7. The number of hydrogen-bond donors (Lipinski definition) is 0. The van der Waals surface area contributed by atoms with E-state index in [1.807, 2.05) is 30.7 Å². The summed E-state index contributed by atoms with van der Waals surface area (Å²) in [7, 11) is 0. The molecule has 0 radical (unpaired) electrons. The smallest absolute Gasteiger partial charge is 0.305 e. The van der Waals surface area contributed by atoms with E-state index in [0.29, 0.717) is 0 Å². The predicted octanol–water partition coefficient (Wildman–Crippen LogP) is 15.8. The van der Waals surface area contributed by atoms with E-state index in [9.17, 15) is 5.26 Å². The third kappa shape index (κ3) is 11.0. The molecule has 0 atom stereocenters. The van der Waals surface area contributed by atoms with E-state index in [1.165, 1.54) is 55.6 Å². The maximum absolute atomic E-state index is 10.1. The Bertz CT molecular complexity index is 3510. The van der Waals surface area contributed by atoms with Gasteiger partial charge in [-0.25, -0.2) is 0 Å². The molecule has 0 unspecified atom stereocenters. The molecule has 1 aliphatic rings. The van der Waals surface area contributed by atoms with Crippen molar-refractivity contribution in [3.8, 4) is 84.3 Å². The van der Waals surface area contributed by atoms with Crippen LogP contribution in [0.5, 0.6) is 0 Å². The van der Waals surface area contributed by atoms with Crippen molar-refractivity contribution in [3.05, 3.63) is 256 Å². The second kappa shape index (κ2) is 21.9. The topological polar surface area (TPSA) is 62.5 Å². The van der Waals surface area contributed by atoms with E-state index in [1.54, 1.807) is 0 Å². The van der Waals surface area contributed by atoms with Crippen molar-refractivity contribution in [3.63, 3.8) is 0 Å². The molecule has 73 heavy (non-hydrogen) atoms. The van der Waals surface area contributed by atoms with Gasteiger partial charge in [0.2, 0.25) is 0 Å². The van der Waals surface area contributed by atoms with Crippen LogP contribution in [0.15, 0.2) is 182 Å². The summed E-state index contributed by atoms with van der Waals surface area (Å²) in [4.78, 5) is 14.0. The van der Waals surface area contributed by atoms with Crippen LogP contribution in [0.2, 0.25) is 0 Å². The Hall–Kier alpha value is -7.87. The van der Waals surface area contributed by atoms with Crippen LogP contribution in [-0.2, 0) is 58.6 Å². The molecule has 0 aliphatic heterocycles. The van der Waals surface area contributed by atoms with Gasteiger partial charge >= 0.3 is 20.1 Å². The third-order valence-electron chi connectivity index (χ3n) is 14.1. The average molecular weight is 1120 g/mol. The van der Waals surface area contributed by atoms with Crippen molar-refractivity contribution in [1.29, 1.82) is 5.26 Å². The fourth-order valence-corrected chi connectivity index (χ4v) is 10.2. The predicted molar refractivity (Wildman–Crippen MR) is 293 cm³/mol. The largest absolute Gasteiger partial charge is 3.00 e. The van der Waals surface area contributed by atoms with E-state index in [4.69, 9.17) is 4.98 Å². The van der Waals surface area contributed by atoms with Crippen molar-refractivity contribution in [2.24, 2.45) is 0 Å². The first-order valence-corrected chi connectivity index (χ1v) is 25.1. The monoisotopic (exact) mass is 1120 g/mol. The number of hydrogen-bond acceptors (Lipinski definition) is 4. The first-order chi connectivity index (χ1) is 35.3. The molecule has 11 rings (SSSR count). The van der Waals surface area contributed by atoms with E-state index in [2.05, 4.69) is 207 Å². The number of pyridine rings is 3. The summed E-state index contributed by atoms with van der Waals surface area (Å²) in [5, 5.41) is 10.1. The molecule has 0 spiro atoms. The average Bonchev–Trinajstić information content (AvgIpc) is 3.91. The van der Waals surface area contributed by atoms with E-state index in [-0.39, 0.29) is 20.1 Å². The number of nitriles is 1. The van der Waals surface area contributed by atoms with Crippen LogP contribution in [-0.4, -0.2) is 15.0 Å². The number of rotatable bonds is 13. The summed E-state index contributed by atoms with van der Waals surface area (Å²) in [6, 6.07) is 72.2. The van der Waals surface area contributed by atoms with E-state index < -0.39 is 0 Å². The van der Waals surface area contributed by atoms with Crippen LogP contribution in [0.4, 0.5) is 0 Å².